The van der Waals surface area contributed by atoms with Gasteiger partial charge in [-0.05, 0) is 18.6 Å². The molecule has 6 heteroatoms. The SMILES string of the molecule is CC.COc1ncc(CN2CCOc3c(Cl)cc(C)cc3C2)cn1. The number of hydrogen-bond acceptors (Lipinski definition) is 5. The molecule has 5 nitrogen and oxygen atoms in total. The van der Waals surface area contributed by atoms with Gasteiger partial charge in [0.15, 0.2) is 0 Å². The predicted molar refractivity (Wildman–Crippen MR) is 95.7 cm³/mol. The summed E-state index contributed by atoms with van der Waals surface area (Å²) in [6, 6.07) is 4.45. The lowest BCUT2D eigenvalue weighted by Gasteiger charge is -2.19. The van der Waals surface area contributed by atoms with Gasteiger partial charge in [-0.15, -0.1) is 0 Å². The summed E-state index contributed by atoms with van der Waals surface area (Å²) in [5, 5.41) is 0.685. The van der Waals surface area contributed by atoms with Gasteiger partial charge in [0, 0.05) is 43.2 Å². The number of rotatable bonds is 3. The number of methoxy groups -OCH3 is 1. The van der Waals surface area contributed by atoms with Gasteiger partial charge < -0.3 is 9.47 Å². The monoisotopic (exact) mass is 349 g/mol. The molecule has 1 aromatic carbocycles. The van der Waals surface area contributed by atoms with E-state index < -0.39 is 0 Å². The van der Waals surface area contributed by atoms with Crippen LogP contribution in [0.25, 0.3) is 0 Å². The first-order valence-corrected chi connectivity index (χ1v) is 8.52. The van der Waals surface area contributed by atoms with E-state index in [0.29, 0.717) is 17.6 Å². The second-order valence-corrected chi connectivity index (χ2v) is 5.78. The van der Waals surface area contributed by atoms with Gasteiger partial charge in [-0.25, -0.2) is 9.97 Å². The second-order valence-electron chi connectivity index (χ2n) is 5.37. The van der Waals surface area contributed by atoms with Crippen LogP contribution in [0.4, 0.5) is 0 Å². The van der Waals surface area contributed by atoms with E-state index in [0.717, 1.165) is 42.1 Å². The summed E-state index contributed by atoms with van der Waals surface area (Å²) in [5.41, 5.74) is 3.31. The standard InChI is InChI=1S/C16H18ClN3O2.C2H6/c1-11-5-13-10-20(3-4-22-15(13)14(17)6-11)9-12-7-18-16(21-2)19-8-12;1-2/h5-8H,3-4,9-10H2,1-2H3;1-2H3. The van der Waals surface area contributed by atoms with Crippen LogP contribution in [0.1, 0.15) is 30.5 Å². The molecule has 0 unspecified atom stereocenters. The van der Waals surface area contributed by atoms with Crippen molar-refractivity contribution in [3.63, 3.8) is 0 Å². The van der Waals surface area contributed by atoms with Crippen molar-refractivity contribution >= 4 is 11.6 Å². The molecule has 0 radical (unpaired) electrons. The zero-order chi connectivity index (χ0) is 17.5. The van der Waals surface area contributed by atoms with Crippen molar-refractivity contribution in [1.82, 2.24) is 14.9 Å². The smallest absolute Gasteiger partial charge is 0.316 e. The van der Waals surface area contributed by atoms with Crippen LogP contribution in [0, 0.1) is 6.92 Å². The molecule has 1 aromatic heterocycles. The van der Waals surface area contributed by atoms with Crippen molar-refractivity contribution in [2.24, 2.45) is 0 Å². The first kappa shape index (κ1) is 18.5. The number of aromatic nitrogens is 2. The van der Waals surface area contributed by atoms with Crippen LogP contribution in [-0.4, -0.2) is 35.1 Å². The maximum absolute atomic E-state index is 6.28. The predicted octanol–water partition coefficient (Wildman–Crippen LogP) is 3.87. The van der Waals surface area contributed by atoms with Gasteiger partial charge in [0.25, 0.3) is 0 Å². The van der Waals surface area contributed by atoms with Crippen molar-refractivity contribution in [1.29, 1.82) is 0 Å². The van der Waals surface area contributed by atoms with E-state index in [2.05, 4.69) is 20.9 Å². The normalized spacial score (nSPS) is 13.9. The molecule has 2 heterocycles. The lowest BCUT2D eigenvalue weighted by atomic mass is 10.1. The molecule has 2 aromatic rings. The second kappa shape index (κ2) is 8.85. The minimum Gasteiger partial charge on any atom is -0.490 e. The maximum Gasteiger partial charge on any atom is 0.316 e. The Kier molecular flexibility index (Phi) is 6.82. The first-order chi connectivity index (χ1) is 11.7. The molecule has 0 aliphatic carbocycles. The van der Waals surface area contributed by atoms with E-state index in [4.69, 9.17) is 21.1 Å². The van der Waals surface area contributed by atoms with E-state index in [-0.39, 0.29) is 0 Å². The fraction of sp³-hybridized carbons (Fsp3) is 0.444. The molecular formula is C18H24ClN3O2. The number of halogens is 1. The Balaban J connectivity index is 0.00000100. The first-order valence-electron chi connectivity index (χ1n) is 8.15. The molecule has 0 spiro atoms. The molecule has 0 amide bonds. The highest BCUT2D eigenvalue weighted by Gasteiger charge is 2.18. The van der Waals surface area contributed by atoms with Crippen LogP contribution < -0.4 is 9.47 Å². The van der Waals surface area contributed by atoms with E-state index in [9.17, 15) is 0 Å². The van der Waals surface area contributed by atoms with Crippen LogP contribution in [0.5, 0.6) is 11.8 Å². The minimum absolute atomic E-state index is 0.385. The number of ether oxygens (including phenoxy) is 2. The van der Waals surface area contributed by atoms with Gasteiger partial charge in [0.05, 0.1) is 12.1 Å². The molecule has 0 saturated heterocycles. The Labute approximate surface area is 148 Å². The molecule has 0 N–H and O–H groups in total. The molecule has 130 valence electrons. The molecule has 3 rings (SSSR count). The van der Waals surface area contributed by atoms with Crippen molar-refractivity contribution in [2.75, 3.05) is 20.3 Å². The van der Waals surface area contributed by atoms with Crippen molar-refractivity contribution in [3.05, 3.63) is 46.2 Å². The molecule has 1 aliphatic heterocycles. The number of benzene rings is 1. The molecule has 0 fully saturated rings. The van der Waals surface area contributed by atoms with Crippen LogP contribution in [0.15, 0.2) is 24.5 Å². The topological polar surface area (TPSA) is 47.5 Å². The Bertz CT molecular complexity index is 662. The fourth-order valence-electron chi connectivity index (χ4n) is 2.60. The number of nitrogens with zero attached hydrogens (tertiary/aromatic N) is 3. The van der Waals surface area contributed by atoms with E-state index >= 15 is 0 Å². The minimum atomic E-state index is 0.385. The molecule has 0 saturated carbocycles. The van der Waals surface area contributed by atoms with Gasteiger partial charge in [-0.1, -0.05) is 31.5 Å². The van der Waals surface area contributed by atoms with Crippen LogP contribution in [0.2, 0.25) is 5.02 Å². The summed E-state index contributed by atoms with van der Waals surface area (Å²) in [5.74, 6) is 0.806. The third-order valence-corrected chi connectivity index (χ3v) is 3.86. The quantitative estimate of drug-likeness (QED) is 0.841. The van der Waals surface area contributed by atoms with Gasteiger partial charge in [0.2, 0.25) is 0 Å². The highest BCUT2D eigenvalue weighted by Crippen LogP contribution is 2.33. The summed E-state index contributed by atoms with van der Waals surface area (Å²) in [6.07, 6.45) is 3.59. The lowest BCUT2D eigenvalue weighted by Crippen LogP contribution is -2.25. The summed E-state index contributed by atoms with van der Waals surface area (Å²) in [7, 11) is 1.56. The highest BCUT2D eigenvalue weighted by atomic mass is 35.5. The summed E-state index contributed by atoms with van der Waals surface area (Å²) in [4.78, 5) is 10.6. The highest BCUT2D eigenvalue weighted by molar-refractivity contribution is 6.32. The van der Waals surface area contributed by atoms with Crippen molar-refractivity contribution < 1.29 is 9.47 Å². The zero-order valence-corrected chi connectivity index (χ0v) is 15.4. The van der Waals surface area contributed by atoms with Crippen LogP contribution >= 0.6 is 11.6 Å². The molecule has 0 atom stereocenters. The number of fused-ring (bicyclic) bond motifs is 1. The molecule has 0 bridgehead atoms. The third kappa shape index (κ3) is 4.58. The number of hydrogen-bond donors (Lipinski definition) is 0. The molecule has 24 heavy (non-hydrogen) atoms. The third-order valence-electron chi connectivity index (χ3n) is 3.58. The average molecular weight is 350 g/mol. The van der Waals surface area contributed by atoms with E-state index in [1.807, 2.05) is 26.8 Å². The summed E-state index contributed by atoms with van der Waals surface area (Å²) >= 11 is 6.28. The average Bonchev–Trinajstić information content (AvgIpc) is 2.79. The van der Waals surface area contributed by atoms with E-state index in [1.54, 1.807) is 19.5 Å². The van der Waals surface area contributed by atoms with Gasteiger partial charge in [-0.3, -0.25) is 4.90 Å². The van der Waals surface area contributed by atoms with Gasteiger partial charge in [0.1, 0.15) is 12.4 Å². The zero-order valence-electron chi connectivity index (χ0n) is 14.7. The van der Waals surface area contributed by atoms with Crippen LogP contribution in [0.3, 0.4) is 0 Å². The lowest BCUT2D eigenvalue weighted by molar-refractivity contribution is 0.219. The summed E-state index contributed by atoms with van der Waals surface area (Å²) in [6.45, 7) is 9.04. The number of aryl methyl sites for hydroxylation is 1. The Morgan fingerprint density at radius 3 is 2.62 bits per heavy atom. The van der Waals surface area contributed by atoms with Crippen LogP contribution in [-0.2, 0) is 13.1 Å². The largest absolute Gasteiger partial charge is 0.490 e. The fourth-order valence-corrected chi connectivity index (χ4v) is 2.95. The Hall–Kier alpha value is -1.85. The molecular weight excluding hydrogens is 326 g/mol. The van der Waals surface area contributed by atoms with Crippen molar-refractivity contribution in [2.45, 2.75) is 33.9 Å². The molecule has 1 aliphatic rings. The van der Waals surface area contributed by atoms with Gasteiger partial charge in [-0.2, -0.15) is 0 Å². The van der Waals surface area contributed by atoms with E-state index in [1.165, 1.54) is 0 Å². The Morgan fingerprint density at radius 1 is 1.25 bits per heavy atom. The summed E-state index contributed by atoms with van der Waals surface area (Å²) < 4.78 is 10.8. The van der Waals surface area contributed by atoms with Gasteiger partial charge >= 0.3 is 6.01 Å². The van der Waals surface area contributed by atoms with Crippen molar-refractivity contribution in [3.8, 4) is 11.8 Å². The maximum atomic E-state index is 6.28. The Morgan fingerprint density at radius 2 is 1.96 bits per heavy atom.